The van der Waals surface area contributed by atoms with Gasteiger partial charge in [0.05, 0.1) is 11.1 Å². The van der Waals surface area contributed by atoms with Crippen LogP contribution in [0.3, 0.4) is 0 Å². The van der Waals surface area contributed by atoms with Crippen molar-refractivity contribution in [1.29, 1.82) is 0 Å². The Morgan fingerprint density at radius 2 is 1.72 bits per heavy atom. The summed E-state index contributed by atoms with van der Waals surface area (Å²) < 4.78 is 0. The number of aromatic nitrogens is 2. The number of thiophene rings is 1. The van der Waals surface area contributed by atoms with Crippen LogP contribution in [0.5, 0.6) is 0 Å². The van der Waals surface area contributed by atoms with Crippen LogP contribution in [0.1, 0.15) is 66.7 Å². The van der Waals surface area contributed by atoms with E-state index >= 15 is 0 Å². The summed E-state index contributed by atoms with van der Waals surface area (Å²) in [5.41, 5.74) is 7.22. The Morgan fingerprint density at radius 3 is 2.44 bits per heavy atom. The Labute approximate surface area is 237 Å². The molecule has 0 spiro atoms. The van der Waals surface area contributed by atoms with Crippen molar-refractivity contribution < 1.29 is 4.79 Å². The van der Waals surface area contributed by atoms with Gasteiger partial charge in [-0.25, -0.2) is 0 Å². The largest absolute Gasteiger partial charge is 0.346 e. The zero-order valence-electron chi connectivity index (χ0n) is 23.9. The highest BCUT2D eigenvalue weighted by molar-refractivity contribution is 7.19. The van der Waals surface area contributed by atoms with Crippen LogP contribution in [-0.4, -0.2) is 47.0 Å². The number of hydrogen-bond donors (Lipinski definition) is 2. The predicted molar refractivity (Wildman–Crippen MR) is 164 cm³/mol. The molecule has 0 atom stereocenters. The minimum absolute atomic E-state index is 0.258. The molecule has 4 aromatic rings. The number of rotatable bonds is 11. The predicted octanol–water partition coefficient (Wildman–Crippen LogP) is 6.96. The molecule has 1 aliphatic heterocycles. The van der Waals surface area contributed by atoms with E-state index in [0.29, 0.717) is 0 Å². The molecule has 1 saturated heterocycles. The molecule has 1 amide bonds. The quantitative estimate of drug-likeness (QED) is 0.201. The molecule has 206 valence electrons. The van der Waals surface area contributed by atoms with Gasteiger partial charge in [0.1, 0.15) is 4.83 Å². The number of nitrogens with zero attached hydrogens (tertiary/aromatic N) is 2. The molecule has 0 aliphatic carbocycles. The maximum absolute atomic E-state index is 13.4. The lowest BCUT2D eigenvalue weighted by molar-refractivity contribution is -0.135. The third kappa shape index (κ3) is 6.28. The van der Waals surface area contributed by atoms with E-state index in [0.717, 1.165) is 63.2 Å². The molecule has 0 saturated carbocycles. The van der Waals surface area contributed by atoms with Gasteiger partial charge in [-0.2, -0.15) is 0 Å². The van der Waals surface area contributed by atoms with Crippen molar-refractivity contribution in [3.05, 3.63) is 75.9 Å². The zero-order chi connectivity index (χ0) is 27.4. The van der Waals surface area contributed by atoms with E-state index in [1.54, 1.807) is 11.3 Å². The van der Waals surface area contributed by atoms with Crippen LogP contribution in [0.25, 0.3) is 21.5 Å². The summed E-state index contributed by atoms with van der Waals surface area (Å²) in [7, 11) is 0. The first-order valence-corrected chi connectivity index (χ1v) is 15.3. The highest BCUT2D eigenvalue weighted by atomic mass is 32.1. The van der Waals surface area contributed by atoms with Gasteiger partial charge in [0.2, 0.25) is 5.91 Å². The number of carbonyl (C=O) groups excluding carboxylic acids is 1. The van der Waals surface area contributed by atoms with Crippen LogP contribution in [-0.2, 0) is 23.1 Å². The Bertz CT molecular complexity index is 1390. The lowest BCUT2D eigenvalue weighted by atomic mass is 9.89. The Hall–Kier alpha value is -2.96. The molecule has 4 heterocycles. The van der Waals surface area contributed by atoms with E-state index in [1.165, 1.54) is 50.1 Å². The lowest BCUT2D eigenvalue weighted by Crippen LogP contribution is -2.41. The van der Waals surface area contributed by atoms with Crippen molar-refractivity contribution in [2.75, 3.05) is 26.2 Å². The third-order valence-electron chi connectivity index (χ3n) is 8.02. The van der Waals surface area contributed by atoms with Gasteiger partial charge in [-0.15, -0.1) is 11.3 Å². The van der Waals surface area contributed by atoms with Crippen LogP contribution in [0.15, 0.2) is 48.8 Å². The van der Waals surface area contributed by atoms with E-state index in [9.17, 15) is 4.79 Å². The minimum atomic E-state index is -0.515. The number of unbranched alkanes of at least 4 members (excludes halogenated alkanes) is 1. The van der Waals surface area contributed by atoms with Crippen molar-refractivity contribution in [1.82, 2.24) is 20.2 Å². The molecule has 39 heavy (non-hydrogen) atoms. The number of hydrogen-bond acceptors (Lipinski definition) is 4. The maximum atomic E-state index is 13.4. The van der Waals surface area contributed by atoms with Crippen LogP contribution >= 0.6 is 11.3 Å². The number of pyridine rings is 1. The summed E-state index contributed by atoms with van der Waals surface area (Å²) in [6.45, 7) is 12.3. The van der Waals surface area contributed by atoms with Gasteiger partial charge in [-0.05, 0) is 126 Å². The van der Waals surface area contributed by atoms with Gasteiger partial charge in [0, 0.05) is 35.7 Å². The van der Waals surface area contributed by atoms with Crippen molar-refractivity contribution >= 4 is 27.5 Å². The average Bonchev–Trinajstić information content (AvgIpc) is 3.65. The fourth-order valence-electron chi connectivity index (χ4n) is 5.85. The summed E-state index contributed by atoms with van der Waals surface area (Å²) in [6.07, 6.45) is 10.4. The smallest absolute Gasteiger partial charge is 0.233 e. The highest BCUT2D eigenvalue weighted by Crippen LogP contribution is 2.41. The number of aromatic amines is 1. The standard InChI is InChI=1S/C33H42N4OS/c1-23-19-24(2)21-26(20-23)30-27(12-16-34-13-6-5-9-25-10-14-35-15-11-25)28-22-29(39-31(28)36-30)33(3,4)32(38)37-17-7-8-18-37/h10-11,14-15,19-22,34,36H,5-9,12-13,16-18H2,1-4H3. The van der Waals surface area contributed by atoms with E-state index < -0.39 is 5.41 Å². The van der Waals surface area contributed by atoms with Crippen molar-refractivity contribution in [2.45, 2.75) is 71.6 Å². The first kappa shape index (κ1) is 27.6. The molecule has 1 aromatic carbocycles. The number of nitrogens with one attached hydrogen (secondary N) is 2. The normalized spacial score (nSPS) is 14.0. The first-order chi connectivity index (χ1) is 18.8. The summed E-state index contributed by atoms with van der Waals surface area (Å²) in [5.74, 6) is 0.258. The molecule has 6 heteroatoms. The second-order valence-electron chi connectivity index (χ2n) is 11.6. The number of amides is 1. The van der Waals surface area contributed by atoms with Crippen LogP contribution < -0.4 is 5.32 Å². The average molecular weight is 543 g/mol. The van der Waals surface area contributed by atoms with Gasteiger partial charge in [0.25, 0.3) is 0 Å². The molecule has 5 rings (SSSR count). The highest BCUT2D eigenvalue weighted by Gasteiger charge is 2.36. The topological polar surface area (TPSA) is 61.0 Å². The zero-order valence-corrected chi connectivity index (χ0v) is 24.7. The molecule has 0 unspecified atom stereocenters. The SMILES string of the molecule is Cc1cc(C)cc(-c2[nH]c3sc(C(C)(C)C(=O)N4CCCC4)cc3c2CCNCCCCc2ccncc2)c1. The number of aryl methyl sites for hydroxylation is 3. The molecule has 2 N–H and O–H groups in total. The molecule has 5 nitrogen and oxygen atoms in total. The molecule has 1 aliphatic rings. The Kier molecular flexibility index (Phi) is 8.53. The van der Waals surface area contributed by atoms with Crippen LogP contribution in [0.4, 0.5) is 0 Å². The van der Waals surface area contributed by atoms with Crippen LogP contribution in [0, 0.1) is 13.8 Å². The number of benzene rings is 1. The summed E-state index contributed by atoms with van der Waals surface area (Å²) in [4.78, 5) is 25.7. The lowest BCUT2D eigenvalue weighted by Gasteiger charge is -2.28. The van der Waals surface area contributed by atoms with Crippen molar-refractivity contribution in [3.8, 4) is 11.3 Å². The van der Waals surface area contributed by atoms with E-state index in [1.807, 2.05) is 12.4 Å². The molecular formula is C33H42N4OS. The summed E-state index contributed by atoms with van der Waals surface area (Å²) >= 11 is 1.75. The van der Waals surface area contributed by atoms with Gasteiger partial charge < -0.3 is 15.2 Å². The number of likely N-dealkylation sites (tertiary alicyclic amines) is 1. The van der Waals surface area contributed by atoms with E-state index in [-0.39, 0.29) is 5.91 Å². The van der Waals surface area contributed by atoms with Gasteiger partial charge in [-0.3, -0.25) is 9.78 Å². The van der Waals surface area contributed by atoms with Gasteiger partial charge >= 0.3 is 0 Å². The first-order valence-electron chi connectivity index (χ1n) is 14.5. The van der Waals surface area contributed by atoms with Crippen LogP contribution in [0.2, 0.25) is 0 Å². The Morgan fingerprint density at radius 1 is 1.00 bits per heavy atom. The summed E-state index contributed by atoms with van der Waals surface area (Å²) in [6, 6.07) is 13.3. The molecule has 1 fully saturated rings. The summed E-state index contributed by atoms with van der Waals surface area (Å²) in [5, 5.41) is 4.95. The molecule has 3 aromatic heterocycles. The van der Waals surface area contributed by atoms with Gasteiger partial charge in [-0.1, -0.05) is 17.2 Å². The number of H-pyrrole nitrogens is 1. The maximum Gasteiger partial charge on any atom is 0.233 e. The second kappa shape index (κ2) is 12.1. The monoisotopic (exact) mass is 542 g/mol. The number of fused-ring (bicyclic) bond motifs is 1. The fourth-order valence-corrected chi connectivity index (χ4v) is 7.04. The minimum Gasteiger partial charge on any atom is -0.346 e. The fraction of sp³-hybridized carbons (Fsp3) is 0.455. The third-order valence-corrected chi connectivity index (χ3v) is 9.40. The molecular weight excluding hydrogens is 500 g/mol. The van der Waals surface area contributed by atoms with Crippen molar-refractivity contribution in [2.24, 2.45) is 0 Å². The molecule has 0 radical (unpaired) electrons. The molecule has 0 bridgehead atoms. The van der Waals surface area contributed by atoms with E-state index in [2.05, 4.69) is 84.3 Å². The van der Waals surface area contributed by atoms with Gasteiger partial charge in [0.15, 0.2) is 0 Å². The number of carbonyl (C=O) groups is 1. The van der Waals surface area contributed by atoms with Crippen molar-refractivity contribution in [3.63, 3.8) is 0 Å². The Balaban J connectivity index is 1.33. The second-order valence-corrected chi connectivity index (χ2v) is 12.7. The van der Waals surface area contributed by atoms with E-state index in [4.69, 9.17) is 0 Å².